The second-order valence-corrected chi connectivity index (χ2v) is 17.7. The summed E-state index contributed by atoms with van der Waals surface area (Å²) in [5.41, 5.74) is 10.5. The van der Waals surface area contributed by atoms with Crippen molar-refractivity contribution in [2.45, 2.75) is 0 Å². The Labute approximate surface area is 417 Å². The molecule has 0 amide bonds. The van der Waals surface area contributed by atoms with E-state index in [-0.39, 0.29) is 55.1 Å². The molecule has 0 aliphatic carbocycles. The van der Waals surface area contributed by atoms with E-state index in [0.717, 1.165) is 87.6 Å². The highest BCUT2D eigenvalue weighted by molar-refractivity contribution is 6.65. The van der Waals surface area contributed by atoms with Crippen LogP contribution in [0.3, 0.4) is 0 Å². The van der Waals surface area contributed by atoms with Crippen LogP contribution in [-0.4, -0.2) is 62.8 Å². The Morgan fingerprint density at radius 1 is 0.314 bits per heavy atom. The first-order valence-corrected chi connectivity index (χ1v) is 22.9. The minimum absolute atomic E-state index is 0.148. The highest BCUT2D eigenvalue weighted by Gasteiger charge is 2.27. The van der Waals surface area contributed by atoms with E-state index in [1.165, 1.54) is 0 Å². The van der Waals surface area contributed by atoms with Crippen molar-refractivity contribution in [1.82, 2.24) is 0 Å². The summed E-state index contributed by atoms with van der Waals surface area (Å²) in [5, 5.41) is 8.12. The van der Waals surface area contributed by atoms with E-state index >= 15 is 0 Å². The summed E-state index contributed by atoms with van der Waals surface area (Å²) >= 11 is 0. The van der Waals surface area contributed by atoms with Gasteiger partial charge >= 0.3 is 0 Å². The van der Waals surface area contributed by atoms with Crippen LogP contribution in [-0.2, 0) is 0 Å². The van der Waals surface area contributed by atoms with Crippen molar-refractivity contribution in [2.24, 2.45) is 0 Å². The maximum atomic E-state index is 7.34. The molecule has 2 nitrogen and oxygen atoms in total. The molecule has 0 saturated heterocycles. The third-order valence-electron chi connectivity index (χ3n) is 13.8. The summed E-state index contributed by atoms with van der Waals surface area (Å²) in [6.07, 6.45) is 0. The third kappa shape index (κ3) is 6.83. The van der Waals surface area contributed by atoms with Crippen molar-refractivity contribution < 1.29 is 4.42 Å². The van der Waals surface area contributed by atoms with Crippen LogP contribution in [0.25, 0.3) is 98.8 Å². The number of hydrogen-bond donors (Lipinski definition) is 0. The fourth-order valence-corrected chi connectivity index (χ4v) is 10.4. The van der Waals surface area contributed by atoms with E-state index in [2.05, 4.69) is 66.7 Å². The van der Waals surface area contributed by atoms with Crippen molar-refractivity contribution in [2.75, 3.05) is 4.90 Å². The van der Waals surface area contributed by atoms with E-state index in [9.17, 15) is 0 Å². The van der Waals surface area contributed by atoms with Gasteiger partial charge in [0.2, 0.25) is 0 Å². The average Bonchev–Trinajstić information content (AvgIpc) is 3.80. The van der Waals surface area contributed by atoms with Crippen LogP contribution >= 0.6 is 0 Å². The molecule has 0 bridgehead atoms. The minimum Gasteiger partial charge on any atom is -0.455 e. The van der Waals surface area contributed by atoms with Crippen LogP contribution < -0.4 is 48.6 Å². The number of fused-ring (bicyclic) bond motifs is 8. The summed E-state index contributed by atoms with van der Waals surface area (Å²) < 4.78 is 6.60. The van der Waals surface area contributed by atoms with Gasteiger partial charge in [0.05, 0.1) is 0 Å². The summed E-state index contributed by atoms with van der Waals surface area (Å²) in [6.45, 7) is 0. The molecule has 10 heteroatoms. The first-order chi connectivity index (χ1) is 34.1. The van der Waals surface area contributed by atoms with Gasteiger partial charge in [-0.1, -0.05) is 201 Å². The third-order valence-corrected chi connectivity index (χ3v) is 13.8. The standard InChI is InChI=1S/C60H31B8NO/c61-50-47(35-26-24-33(25-27-35)32-12-2-1-3-13-32)51(62)55(66)58(54(50)65)69(38-17-10-16-36(30-38)40-22-11-23-46-48(40)44-29-28-34-14-4-7-19-41(34)60(44)70-46)59-56(67)52(63)49(53(64)57(59)68)45-31-37-15-5-6-18-39(37)42-20-8-9-21-43(42)45/h1-31H. The lowest BCUT2D eigenvalue weighted by molar-refractivity contribution is 0.673. The van der Waals surface area contributed by atoms with E-state index in [4.69, 9.17) is 67.2 Å². The van der Waals surface area contributed by atoms with Crippen LogP contribution in [0.2, 0.25) is 0 Å². The molecule has 0 saturated carbocycles. The number of benzene rings is 11. The quantitative estimate of drug-likeness (QED) is 0.122. The van der Waals surface area contributed by atoms with Gasteiger partial charge in [0, 0.05) is 33.2 Å². The van der Waals surface area contributed by atoms with E-state index in [1.807, 2.05) is 121 Å². The molecule has 0 atom stereocenters. The van der Waals surface area contributed by atoms with Gasteiger partial charge in [-0.2, -0.15) is 0 Å². The van der Waals surface area contributed by atoms with Crippen LogP contribution in [0, 0.1) is 0 Å². The fourth-order valence-electron chi connectivity index (χ4n) is 10.4. The predicted octanol–water partition coefficient (Wildman–Crippen LogP) is 7.53. The normalized spacial score (nSPS) is 11.6. The van der Waals surface area contributed by atoms with E-state index in [0.29, 0.717) is 16.8 Å². The molecular weight excluding hydrogens is 837 g/mol. The Hall–Kier alpha value is -7.68. The summed E-state index contributed by atoms with van der Waals surface area (Å²) in [4.78, 5) is 1.78. The lowest BCUT2D eigenvalue weighted by Gasteiger charge is -2.37. The largest absolute Gasteiger partial charge is 0.455 e. The Kier molecular flexibility index (Phi) is 10.6. The SMILES string of the molecule is [B]c1c([B])c(N(c2cccc(-c3cccc4oc5c6ccccc6ccc5c34)c2)c2c([B])c([B])c(-c3cc4ccccc4c4ccccc34)c([B])c2[B])c([B])c([B])c1-c1ccc(-c2ccccc2)cc1. The highest BCUT2D eigenvalue weighted by atomic mass is 16.3. The molecule has 0 spiro atoms. The molecule has 12 aromatic rings. The number of nitrogens with zero attached hydrogens (tertiary/aromatic N) is 1. The smallest absolute Gasteiger partial charge is 0.143 e. The van der Waals surface area contributed by atoms with E-state index < -0.39 is 0 Å². The van der Waals surface area contributed by atoms with Crippen molar-refractivity contribution in [1.29, 1.82) is 0 Å². The van der Waals surface area contributed by atoms with Gasteiger partial charge in [0.15, 0.2) is 0 Å². The van der Waals surface area contributed by atoms with Gasteiger partial charge in [0.25, 0.3) is 0 Å². The molecule has 16 radical (unpaired) electrons. The molecule has 1 heterocycles. The van der Waals surface area contributed by atoms with Crippen LogP contribution in [0.5, 0.6) is 0 Å². The predicted molar refractivity (Wildman–Crippen MR) is 306 cm³/mol. The molecule has 0 N–H and O–H groups in total. The number of rotatable bonds is 7. The van der Waals surface area contributed by atoms with Gasteiger partial charge in [-0.15, -0.1) is 0 Å². The second-order valence-electron chi connectivity index (χ2n) is 17.7. The number of anilines is 3. The maximum Gasteiger partial charge on any atom is 0.143 e. The van der Waals surface area contributed by atoms with Gasteiger partial charge in [0.1, 0.15) is 73.9 Å². The monoisotopic (exact) mass is 869 g/mol. The Bertz CT molecular complexity index is 4050. The molecule has 70 heavy (non-hydrogen) atoms. The van der Waals surface area contributed by atoms with Crippen molar-refractivity contribution in [3.05, 3.63) is 188 Å². The lowest BCUT2D eigenvalue weighted by Crippen LogP contribution is -2.50. The topological polar surface area (TPSA) is 16.4 Å². The number of furan rings is 1. The van der Waals surface area contributed by atoms with Crippen molar-refractivity contribution in [3.63, 3.8) is 0 Å². The van der Waals surface area contributed by atoms with Crippen LogP contribution in [0.1, 0.15) is 0 Å². The molecule has 306 valence electrons. The Balaban J connectivity index is 1.09. The highest BCUT2D eigenvalue weighted by Crippen LogP contribution is 2.42. The first-order valence-electron chi connectivity index (χ1n) is 22.9. The first kappa shape index (κ1) is 43.6. The fraction of sp³-hybridized carbons (Fsp3) is 0. The molecule has 0 fully saturated rings. The molecule has 0 aliphatic rings. The number of hydrogen-bond acceptors (Lipinski definition) is 2. The molecule has 0 unspecified atom stereocenters. The molecular formula is C60H31B8NO. The Morgan fingerprint density at radius 2 is 0.843 bits per heavy atom. The zero-order valence-corrected chi connectivity index (χ0v) is 37.9. The van der Waals surface area contributed by atoms with E-state index in [1.54, 1.807) is 4.90 Å². The zero-order valence-electron chi connectivity index (χ0n) is 37.9. The minimum atomic E-state index is 0.148. The van der Waals surface area contributed by atoms with Crippen LogP contribution in [0.4, 0.5) is 17.1 Å². The summed E-state index contributed by atoms with van der Waals surface area (Å²) in [6, 6.07) is 62.8. The lowest BCUT2D eigenvalue weighted by atomic mass is 9.62. The van der Waals surface area contributed by atoms with Crippen molar-refractivity contribution in [3.8, 4) is 44.5 Å². The zero-order chi connectivity index (χ0) is 47.9. The second kappa shape index (κ2) is 17.1. The Morgan fingerprint density at radius 3 is 1.53 bits per heavy atom. The van der Waals surface area contributed by atoms with Gasteiger partial charge < -0.3 is 9.32 Å². The maximum absolute atomic E-state index is 7.34. The van der Waals surface area contributed by atoms with Crippen molar-refractivity contribution >= 4 is 178 Å². The summed E-state index contributed by atoms with van der Waals surface area (Å²) in [7, 11) is 57.9. The molecule has 12 rings (SSSR count). The van der Waals surface area contributed by atoms with Gasteiger partial charge in [-0.3, -0.25) is 0 Å². The average molecular weight is 868 g/mol. The van der Waals surface area contributed by atoms with Gasteiger partial charge in [-0.25, -0.2) is 0 Å². The molecule has 0 aliphatic heterocycles. The summed E-state index contributed by atoms with van der Waals surface area (Å²) in [5.74, 6) is 0. The van der Waals surface area contributed by atoms with Crippen LogP contribution in [0.15, 0.2) is 192 Å². The molecule has 11 aromatic carbocycles. The molecule has 1 aromatic heterocycles. The van der Waals surface area contributed by atoms with Gasteiger partial charge in [-0.05, 0) is 102 Å².